The first-order valence-corrected chi connectivity index (χ1v) is 9.65. The molecule has 0 spiro atoms. The SMILES string of the molecule is CCN(CCNC(=NC)NC1CCN(c2ncccc2Cl)C1)C1CC1. The van der Waals surface area contributed by atoms with Crippen molar-refractivity contribution in [3.05, 3.63) is 23.4 Å². The van der Waals surface area contributed by atoms with Crippen LogP contribution in [0.15, 0.2) is 23.3 Å². The highest BCUT2D eigenvalue weighted by Gasteiger charge is 2.28. The van der Waals surface area contributed by atoms with Gasteiger partial charge in [0.15, 0.2) is 5.96 Å². The van der Waals surface area contributed by atoms with Crippen molar-refractivity contribution in [3.8, 4) is 0 Å². The van der Waals surface area contributed by atoms with Crippen molar-refractivity contribution in [3.63, 3.8) is 0 Å². The second-order valence-electron chi connectivity index (χ2n) is 6.74. The maximum atomic E-state index is 6.26. The predicted octanol–water partition coefficient (Wildman–Crippen LogP) is 1.96. The van der Waals surface area contributed by atoms with E-state index in [1.807, 2.05) is 19.2 Å². The monoisotopic (exact) mass is 364 g/mol. The molecule has 0 aromatic carbocycles. The lowest BCUT2D eigenvalue weighted by Gasteiger charge is -2.22. The zero-order valence-corrected chi connectivity index (χ0v) is 16.0. The Morgan fingerprint density at radius 1 is 1.44 bits per heavy atom. The number of rotatable bonds is 7. The Labute approximate surface area is 155 Å². The van der Waals surface area contributed by atoms with E-state index in [9.17, 15) is 0 Å². The molecule has 2 N–H and O–H groups in total. The number of anilines is 1. The van der Waals surface area contributed by atoms with E-state index < -0.39 is 0 Å². The molecule has 1 aromatic heterocycles. The molecule has 1 unspecified atom stereocenters. The highest BCUT2D eigenvalue weighted by molar-refractivity contribution is 6.32. The Hall–Kier alpha value is -1.53. The third-order valence-electron chi connectivity index (χ3n) is 4.95. The van der Waals surface area contributed by atoms with Crippen molar-refractivity contribution in [1.29, 1.82) is 0 Å². The minimum absolute atomic E-state index is 0.356. The van der Waals surface area contributed by atoms with Crippen molar-refractivity contribution >= 4 is 23.4 Å². The normalized spacial score (nSPS) is 21.0. The van der Waals surface area contributed by atoms with Crippen LogP contribution >= 0.6 is 11.6 Å². The number of hydrogen-bond donors (Lipinski definition) is 2. The average molecular weight is 365 g/mol. The second kappa shape index (κ2) is 8.72. The Balaban J connectivity index is 1.44. The van der Waals surface area contributed by atoms with Gasteiger partial charge >= 0.3 is 0 Å². The van der Waals surface area contributed by atoms with Gasteiger partial charge in [-0.3, -0.25) is 9.89 Å². The average Bonchev–Trinajstić information content (AvgIpc) is 3.37. The van der Waals surface area contributed by atoms with Crippen LogP contribution in [0.4, 0.5) is 5.82 Å². The molecule has 2 heterocycles. The number of halogens is 1. The molecule has 2 aliphatic rings. The molecular formula is C18H29ClN6. The minimum Gasteiger partial charge on any atom is -0.355 e. The van der Waals surface area contributed by atoms with Gasteiger partial charge in [0, 0.05) is 51.5 Å². The van der Waals surface area contributed by atoms with Gasteiger partial charge < -0.3 is 15.5 Å². The van der Waals surface area contributed by atoms with Gasteiger partial charge in [0.2, 0.25) is 0 Å². The molecule has 0 bridgehead atoms. The molecule has 25 heavy (non-hydrogen) atoms. The number of hydrogen-bond acceptors (Lipinski definition) is 4. The van der Waals surface area contributed by atoms with Crippen LogP contribution in [-0.2, 0) is 0 Å². The lowest BCUT2D eigenvalue weighted by molar-refractivity contribution is 0.282. The molecule has 1 atom stereocenters. The number of likely N-dealkylation sites (N-methyl/N-ethyl adjacent to an activating group) is 1. The van der Waals surface area contributed by atoms with Crippen LogP contribution in [0.3, 0.4) is 0 Å². The van der Waals surface area contributed by atoms with Crippen LogP contribution in [0.2, 0.25) is 5.02 Å². The molecule has 0 amide bonds. The third-order valence-corrected chi connectivity index (χ3v) is 5.25. The van der Waals surface area contributed by atoms with Crippen LogP contribution < -0.4 is 15.5 Å². The third kappa shape index (κ3) is 4.98. The van der Waals surface area contributed by atoms with Crippen LogP contribution in [-0.4, -0.2) is 67.7 Å². The van der Waals surface area contributed by atoms with Crippen molar-refractivity contribution in [2.75, 3.05) is 44.7 Å². The number of nitrogens with zero attached hydrogens (tertiary/aromatic N) is 4. The van der Waals surface area contributed by atoms with E-state index in [1.54, 1.807) is 6.20 Å². The van der Waals surface area contributed by atoms with Crippen molar-refractivity contribution in [2.24, 2.45) is 4.99 Å². The van der Waals surface area contributed by atoms with Gasteiger partial charge in [0.1, 0.15) is 5.82 Å². The van der Waals surface area contributed by atoms with E-state index in [-0.39, 0.29) is 0 Å². The van der Waals surface area contributed by atoms with Crippen molar-refractivity contribution < 1.29 is 0 Å². The summed E-state index contributed by atoms with van der Waals surface area (Å²) in [6, 6.07) is 4.93. The summed E-state index contributed by atoms with van der Waals surface area (Å²) in [6.07, 6.45) is 5.56. The van der Waals surface area contributed by atoms with Gasteiger partial charge in [-0.05, 0) is 37.9 Å². The zero-order valence-electron chi connectivity index (χ0n) is 15.2. The number of aliphatic imine (C=N–C) groups is 1. The Bertz CT molecular complexity index is 589. The quantitative estimate of drug-likeness (QED) is 0.572. The van der Waals surface area contributed by atoms with Crippen LogP contribution in [0, 0.1) is 0 Å². The number of aromatic nitrogens is 1. The summed E-state index contributed by atoms with van der Waals surface area (Å²) in [5.74, 6) is 1.75. The van der Waals surface area contributed by atoms with Gasteiger partial charge in [-0.15, -0.1) is 0 Å². The predicted molar refractivity (Wildman–Crippen MR) is 105 cm³/mol. The van der Waals surface area contributed by atoms with Crippen molar-refractivity contribution in [1.82, 2.24) is 20.5 Å². The summed E-state index contributed by atoms with van der Waals surface area (Å²) in [7, 11) is 1.83. The second-order valence-corrected chi connectivity index (χ2v) is 7.15. The lowest BCUT2D eigenvalue weighted by atomic mass is 10.3. The molecule has 6 nitrogen and oxygen atoms in total. The highest BCUT2D eigenvalue weighted by Crippen LogP contribution is 2.26. The van der Waals surface area contributed by atoms with E-state index in [1.165, 1.54) is 12.8 Å². The molecule has 3 rings (SSSR count). The fourth-order valence-electron chi connectivity index (χ4n) is 3.42. The topological polar surface area (TPSA) is 55.8 Å². The zero-order chi connectivity index (χ0) is 17.6. The molecular weight excluding hydrogens is 336 g/mol. The summed E-state index contributed by atoms with van der Waals surface area (Å²) < 4.78 is 0. The van der Waals surface area contributed by atoms with Gasteiger partial charge in [-0.2, -0.15) is 0 Å². The maximum absolute atomic E-state index is 6.26. The van der Waals surface area contributed by atoms with Crippen LogP contribution in [0.1, 0.15) is 26.2 Å². The summed E-state index contributed by atoms with van der Waals surface area (Å²) in [5, 5.41) is 7.69. The highest BCUT2D eigenvalue weighted by atomic mass is 35.5. The first-order chi connectivity index (χ1) is 12.2. The minimum atomic E-state index is 0.356. The molecule has 0 radical (unpaired) electrons. The smallest absolute Gasteiger partial charge is 0.191 e. The van der Waals surface area contributed by atoms with E-state index in [0.717, 1.165) is 57.0 Å². The molecule has 1 aromatic rings. The number of nitrogens with one attached hydrogen (secondary N) is 2. The first kappa shape index (κ1) is 18.3. The van der Waals surface area contributed by atoms with Crippen LogP contribution in [0.5, 0.6) is 0 Å². The first-order valence-electron chi connectivity index (χ1n) is 9.28. The van der Waals surface area contributed by atoms with Crippen LogP contribution in [0.25, 0.3) is 0 Å². The summed E-state index contributed by atoms with van der Waals surface area (Å²) >= 11 is 6.26. The Morgan fingerprint density at radius 2 is 2.28 bits per heavy atom. The molecule has 1 saturated carbocycles. The van der Waals surface area contributed by atoms with E-state index in [2.05, 4.69) is 37.3 Å². The Morgan fingerprint density at radius 3 is 2.96 bits per heavy atom. The molecule has 2 fully saturated rings. The number of guanidine groups is 1. The molecule has 138 valence electrons. The van der Waals surface area contributed by atoms with E-state index in [0.29, 0.717) is 11.1 Å². The summed E-state index contributed by atoms with van der Waals surface area (Å²) in [5.41, 5.74) is 0. The largest absolute Gasteiger partial charge is 0.355 e. The van der Waals surface area contributed by atoms with Gasteiger partial charge in [0.05, 0.1) is 5.02 Å². The maximum Gasteiger partial charge on any atom is 0.191 e. The van der Waals surface area contributed by atoms with Gasteiger partial charge in [-0.1, -0.05) is 18.5 Å². The van der Waals surface area contributed by atoms with Crippen molar-refractivity contribution in [2.45, 2.75) is 38.3 Å². The fourth-order valence-corrected chi connectivity index (χ4v) is 3.67. The van der Waals surface area contributed by atoms with Gasteiger partial charge in [0.25, 0.3) is 0 Å². The summed E-state index contributed by atoms with van der Waals surface area (Å²) in [4.78, 5) is 13.6. The Kier molecular flexibility index (Phi) is 6.37. The molecule has 1 saturated heterocycles. The van der Waals surface area contributed by atoms with Gasteiger partial charge in [-0.25, -0.2) is 4.98 Å². The lowest BCUT2D eigenvalue weighted by Crippen LogP contribution is -2.46. The molecule has 7 heteroatoms. The van der Waals surface area contributed by atoms with E-state index >= 15 is 0 Å². The molecule has 1 aliphatic carbocycles. The fraction of sp³-hybridized carbons (Fsp3) is 0.667. The standard InChI is InChI=1S/C18H29ClN6/c1-3-24(15-6-7-15)12-10-22-18(20-2)23-14-8-11-25(13-14)17-16(19)5-4-9-21-17/h4-5,9,14-15H,3,6-8,10-13H2,1-2H3,(H2,20,22,23). The molecule has 1 aliphatic heterocycles. The summed E-state index contributed by atoms with van der Waals surface area (Å²) in [6.45, 7) is 7.20. The number of pyridine rings is 1. The van der Waals surface area contributed by atoms with E-state index in [4.69, 9.17) is 11.6 Å².